The average Bonchev–Trinajstić information content (AvgIpc) is 2.50. The van der Waals surface area contributed by atoms with E-state index in [1.807, 2.05) is 0 Å². The molecule has 0 spiro atoms. The van der Waals surface area contributed by atoms with Gasteiger partial charge in [-0.15, -0.1) is 0 Å². The summed E-state index contributed by atoms with van der Waals surface area (Å²) in [7, 11) is 0. The minimum absolute atomic E-state index is 0.103. The number of carbonyl (C=O) groups is 2. The van der Waals surface area contributed by atoms with E-state index >= 15 is 0 Å². The van der Waals surface area contributed by atoms with Crippen molar-refractivity contribution in [2.24, 2.45) is 5.73 Å². The summed E-state index contributed by atoms with van der Waals surface area (Å²) < 4.78 is 0. The number of amides is 1. The number of hydrogen-bond acceptors (Lipinski definition) is 2. The second-order valence-electron chi connectivity index (χ2n) is 2.41. The fourth-order valence-corrected chi connectivity index (χ4v) is 0.982. The largest absolute Gasteiger partial charge is 0.366 e. The first-order valence-corrected chi connectivity index (χ1v) is 3.67. The van der Waals surface area contributed by atoms with Crippen LogP contribution in [0, 0.1) is 0 Å². The minimum atomic E-state index is -0.576. The normalized spacial score (nSPS) is 9.75. The molecule has 0 aliphatic heterocycles. The van der Waals surface area contributed by atoms with Gasteiger partial charge >= 0.3 is 0 Å². The molecule has 0 unspecified atom stereocenters. The minimum Gasteiger partial charge on any atom is -0.366 e. The molecule has 4 nitrogen and oxygen atoms in total. The van der Waals surface area contributed by atoms with Crippen molar-refractivity contribution in [3.05, 3.63) is 23.5 Å². The third-order valence-corrected chi connectivity index (χ3v) is 1.61. The van der Waals surface area contributed by atoms with Crippen LogP contribution in [0.2, 0.25) is 0 Å². The van der Waals surface area contributed by atoms with Crippen molar-refractivity contribution in [3.63, 3.8) is 0 Å². The molecule has 1 rings (SSSR count). The van der Waals surface area contributed by atoms with E-state index < -0.39 is 5.91 Å². The van der Waals surface area contributed by atoms with Crippen LogP contribution < -0.4 is 5.73 Å². The molecule has 64 valence electrons. The van der Waals surface area contributed by atoms with Crippen LogP contribution >= 0.6 is 0 Å². The highest BCUT2D eigenvalue weighted by Gasteiger charge is 2.13. The first-order valence-electron chi connectivity index (χ1n) is 3.67. The monoisotopic (exact) mass is 166 g/mol. The molecule has 0 aromatic carbocycles. The summed E-state index contributed by atoms with van der Waals surface area (Å²) in [4.78, 5) is 24.6. The Hall–Kier alpha value is -1.58. The summed E-state index contributed by atoms with van der Waals surface area (Å²) in [6, 6.07) is 1.51. The van der Waals surface area contributed by atoms with Crippen molar-refractivity contribution in [1.82, 2.24) is 4.98 Å². The zero-order chi connectivity index (χ0) is 9.14. The molecule has 1 aromatic rings. The van der Waals surface area contributed by atoms with E-state index in [-0.39, 0.29) is 11.3 Å². The Kier molecular flexibility index (Phi) is 2.28. The summed E-state index contributed by atoms with van der Waals surface area (Å²) in [5.41, 5.74) is 5.62. The number of aromatic nitrogens is 1. The maximum atomic E-state index is 11.2. The molecule has 0 fully saturated rings. The number of hydrogen-bond donors (Lipinski definition) is 2. The number of nitrogens with one attached hydrogen (secondary N) is 1. The average molecular weight is 166 g/mol. The maximum absolute atomic E-state index is 11.2. The van der Waals surface area contributed by atoms with Gasteiger partial charge in [-0.25, -0.2) is 0 Å². The van der Waals surface area contributed by atoms with Gasteiger partial charge < -0.3 is 10.7 Å². The predicted molar refractivity (Wildman–Crippen MR) is 43.9 cm³/mol. The number of primary amides is 1. The number of ketones is 1. The zero-order valence-electron chi connectivity index (χ0n) is 6.76. The van der Waals surface area contributed by atoms with E-state index in [9.17, 15) is 9.59 Å². The first-order chi connectivity index (χ1) is 5.66. The van der Waals surface area contributed by atoms with Gasteiger partial charge in [0, 0.05) is 12.6 Å². The van der Waals surface area contributed by atoms with Crippen molar-refractivity contribution in [1.29, 1.82) is 0 Å². The van der Waals surface area contributed by atoms with Crippen LogP contribution in [0.1, 0.15) is 34.2 Å². The molecule has 1 heterocycles. The number of Topliss-reactive ketones (excluding diaryl/α,β-unsaturated/α-hetero) is 1. The molecule has 1 amide bonds. The van der Waals surface area contributed by atoms with Crippen molar-refractivity contribution in [2.45, 2.75) is 13.3 Å². The number of nitrogens with two attached hydrogens (primary N) is 1. The third-order valence-electron chi connectivity index (χ3n) is 1.61. The van der Waals surface area contributed by atoms with Gasteiger partial charge in [-0.2, -0.15) is 0 Å². The summed E-state index contributed by atoms with van der Waals surface area (Å²) >= 11 is 0. The van der Waals surface area contributed by atoms with Crippen LogP contribution in [0.5, 0.6) is 0 Å². The summed E-state index contributed by atoms with van der Waals surface area (Å²) in [6.07, 6.45) is 1.89. The van der Waals surface area contributed by atoms with E-state index in [4.69, 9.17) is 5.73 Å². The molecule has 0 saturated carbocycles. The smallest absolute Gasteiger partial charge is 0.250 e. The highest BCUT2D eigenvalue weighted by atomic mass is 16.1. The Morgan fingerprint density at radius 2 is 2.25 bits per heavy atom. The molecule has 0 saturated heterocycles. The van der Waals surface area contributed by atoms with E-state index in [1.54, 1.807) is 6.92 Å². The van der Waals surface area contributed by atoms with Crippen molar-refractivity contribution in [3.8, 4) is 0 Å². The lowest BCUT2D eigenvalue weighted by molar-refractivity contribution is 0.0958. The Bertz CT molecular complexity index is 315. The van der Waals surface area contributed by atoms with Crippen LogP contribution in [0.15, 0.2) is 12.3 Å². The Morgan fingerprint density at radius 1 is 1.58 bits per heavy atom. The van der Waals surface area contributed by atoms with Crippen LogP contribution in [0.3, 0.4) is 0 Å². The van der Waals surface area contributed by atoms with E-state index in [0.29, 0.717) is 12.1 Å². The van der Waals surface area contributed by atoms with Crippen molar-refractivity contribution >= 4 is 11.7 Å². The lowest BCUT2D eigenvalue weighted by Gasteiger charge is -1.95. The summed E-state index contributed by atoms with van der Waals surface area (Å²) in [5, 5.41) is 0. The van der Waals surface area contributed by atoms with Gasteiger partial charge in [0.25, 0.3) is 5.91 Å². The molecule has 4 heteroatoms. The molecular weight excluding hydrogens is 156 g/mol. The number of H-pyrrole nitrogens is 1. The molecule has 0 bridgehead atoms. The fourth-order valence-electron chi connectivity index (χ4n) is 0.982. The van der Waals surface area contributed by atoms with Gasteiger partial charge in [0.1, 0.15) is 0 Å². The third kappa shape index (κ3) is 1.37. The highest BCUT2D eigenvalue weighted by molar-refractivity contribution is 6.06. The van der Waals surface area contributed by atoms with Gasteiger partial charge in [-0.3, -0.25) is 9.59 Å². The molecule has 1 aromatic heterocycles. The highest BCUT2D eigenvalue weighted by Crippen LogP contribution is 2.07. The van der Waals surface area contributed by atoms with Gasteiger partial charge in [0.15, 0.2) is 5.78 Å². The number of carbonyl (C=O) groups excluding carboxylic acids is 2. The zero-order valence-corrected chi connectivity index (χ0v) is 6.76. The molecule has 0 atom stereocenters. The fraction of sp³-hybridized carbons (Fsp3) is 0.250. The topological polar surface area (TPSA) is 75.9 Å². The Labute approximate surface area is 69.8 Å². The molecule has 0 aliphatic rings. The second-order valence-corrected chi connectivity index (χ2v) is 2.41. The van der Waals surface area contributed by atoms with Crippen LogP contribution in [-0.2, 0) is 0 Å². The maximum Gasteiger partial charge on any atom is 0.250 e. The second kappa shape index (κ2) is 3.21. The quantitative estimate of drug-likeness (QED) is 0.648. The van der Waals surface area contributed by atoms with E-state index in [0.717, 1.165) is 0 Å². The van der Waals surface area contributed by atoms with Gasteiger partial charge in [0.05, 0.1) is 11.3 Å². The lowest BCUT2D eigenvalue weighted by atomic mass is 10.1. The molecule has 12 heavy (non-hydrogen) atoms. The molecular formula is C8H10N2O2. The van der Waals surface area contributed by atoms with Gasteiger partial charge in [0.2, 0.25) is 0 Å². The van der Waals surface area contributed by atoms with Crippen LogP contribution in [0.4, 0.5) is 0 Å². The molecule has 0 aliphatic carbocycles. The lowest BCUT2D eigenvalue weighted by Crippen LogP contribution is -2.14. The standard InChI is InChI=1S/C8H10N2O2/c1-2-6(11)7-5(8(9)12)3-4-10-7/h3-4,10H,2H2,1H3,(H2,9,12). The van der Waals surface area contributed by atoms with E-state index in [1.165, 1.54) is 12.3 Å². The van der Waals surface area contributed by atoms with Gasteiger partial charge in [-0.05, 0) is 6.07 Å². The molecule has 3 N–H and O–H groups in total. The van der Waals surface area contributed by atoms with Crippen molar-refractivity contribution < 1.29 is 9.59 Å². The van der Waals surface area contributed by atoms with Crippen molar-refractivity contribution in [2.75, 3.05) is 0 Å². The molecule has 0 radical (unpaired) electrons. The summed E-state index contributed by atoms with van der Waals surface area (Å²) in [6.45, 7) is 1.73. The van der Waals surface area contributed by atoms with Crippen LogP contribution in [-0.4, -0.2) is 16.7 Å². The predicted octanol–water partition coefficient (Wildman–Crippen LogP) is 0.706. The Balaban J connectivity index is 3.07. The SMILES string of the molecule is CCC(=O)c1[nH]ccc1C(N)=O. The number of rotatable bonds is 3. The van der Waals surface area contributed by atoms with Crippen LogP contribution in [0.25, 0.3) is 0 Å². The summed E-state index contributed by atoms with van der Waals surface area (Å²) in [5.74, 6) is -0.679. The number of aromatic amines is 1. The Morgan fingerprint density at radius 3 is 2.75 bits per heavy atom. The first kappa shape index (κ1) is 8.52. The van der Waals surface area contributed by atoms with Gasteiger partial charge in [-0.1, -0.05) is 6.92 Å². The van der Waals surface area contributed by atoms with E-state index in [2.05, 4.69) is 4.98 Å².